The summed E-state index contributed by atoms with van der Waals surface area (Å²) in [6, 6.07) is 5.88. The van der Waals surface area contributed by atoms with E-state index in [9.17, 15) is 14.7 Å². The molecule has 8 heteroatoms. The average molecular weight is 378 g/mol. The number of imidazole rings is 1. The molecule has 1 aliphatic rings. The maximum absolute atomic E-state index is 12.9. The number of amides is 1. The summed E-state index contributed by atoms with van der Waals surface area (Å²) >= 11 is 0. The molecule has 3 aromatic heterocycles. The smallest absolute Gasteiger partial charge is 0.290 e. The highest BCUT2D eigenvalue weighted by molar-refractivity contribution is 6.14. The van der Waals surface area contributed by atoms with Crippen molar-refractivity contribution < 1.29 is 19.1 Å². The number of aryl methyl sites for hydroxylation is 1. The highest BCUT2D eigenvalue weighted by Gasteiger charge is 2.44. The van der Waals surface area contributed by atoms with Crippen molar-refractivity contribution in [2.45, 2.75) is 19.0 Å². The fourth-order valence-corrected chi connectivity index (χ4v) is 3.38. The van der Waals surface area contributed by atoms with Gasteiger partial charge < -0.3 is 19.0 Å². The number of Topliss-reactive ketones (excluding diaryl/α,β-unsaturated/α-hetero) is 1. The van der Waals surface area contributed by atoms with E-state index in [0.717, 1.165) is 0 Å². The molecule has 8 nitrogen and oxygen atoms in total. The van der Waals surface area contributed by atoms with Crippen molar-refractivity contribution in [3.8, 4) is 0 Å². The van der Waals surface area contributed by atoms with Crippen molar-refractivity contribution in [1.82, 2.24) is 19.4 Å². The van der Waals surface area contributed by atoms with E-state index in [1.54, 1.807) is 43.1 Å². The van der Waals surface area contributed by atoms with Gasteiger partial charge in [0.2, 0.25) is 5.78 Å². The molecule has 0 saturated carbocycles. The van der Waals surface area contributed by atoms with Crippen molar-refractivity contribution in [1.29, 1.82) is 0 Å². The third-order valence-electron chi connectivity index (χ3n) is 4.67. The Kier molecular flexibility index (Phi) is 4.76. The lowest BCUT2D eigenvalue weighted by Crippen LogP contribution is -2.32. The number of nitrogens with zero attached hydrogens (tertiary/aromatic N) is 4. The van der Waals surface area contributed by atoms with Gasteiger partial charge in [-0.05, 0) is 30.2 Å². The summed E-state index contributed by atoms with van der Waals surface area (Å²) in [7, 11) is 0. The fraction of sp³-hybridized carbons (Fsp3) is 0.200. The first-order chi connectivity index (χ1) is 13.7. The Morgan fingerprint density at radius 2 is 2.07 bits per heavy atom. The van der Waals surface area contributed by atoms with Gasteiger partial charge in [0, 0.05) is 37.9 Å². The van der Waals surface area contributed by atoms with E-state index in [2.05, 4.69) is 9.97 Å². The summed E-state index contributed by atoms with van der Waals surface area (Å²) in [6.07, 6.45) is 10.4. The van der Waals surface area contributed by atoms with Crippen LogP contribution in [0.3, 0.4) is 0 Å². The van der Waals surface area contributed by atoms with Gasteiger partial charge in [-0.25, -0.2) is 4.98 Å². The Morgan fingerprint density at radius 1 is 1.18 bits per heavy atom. The molecule has 0 aliphatic carbocycles. The number of carbonyl (C=O) groups excluding carboxylic acids is 2. The zero-order chi connectivity index (χ0) is 19.5. The van der Waals surface area contributed by atoms with E-state index in [-0.39, 0.29) is 11.3 Å². The minimum absolute atomic E-state index is 0.00980. The Hall–Kier alpha value is -3.68. The molecule has 1 amide bonds. The summed E-state index contributed by atoms with van der Waals surface area (Å²) < 4.78 is 7.09. The van der Waals surface area contributed by atoms with Crippen LogP contribution < -0.4 is 0 Å². The number of pyridine rings is 1. The zero-order valence-corrected chi connectivity index (χ0v) is 14.9. The van der Waals surface area contributed by atoms with E-state index in [1.165, 1.54) is 17.2 Å². The number of carbonyl (C=O) groups is 2. The Morgan fingerprint density at radius 3 is 2.75 bits per heavy atom. The normalized spacial score (nSPS) is 16.8. The number of ketones is 1. The summed E-state index contributed by atoms with van der Waals surface area (Å²) in [5.41, 5.74) is 0.660. The summed E-state index contributed by atoms with van der Waals surface area (Å²) in [5, 5.41) is 10.5. The second-order valence-electron chi connectivity index (χ2n) is 6.41. The van der Waals surface area contributed by atoms with Gasteiger partial charge >= 0.3 is 0 Å². The minimum atomic E-state index is -0.721. The lowest BCUT2D eigenvalue weighted by atomic mass is 9.96. The van der Waals surface area contributed by atoms with E-state index in [4.69, 9.17) is 4.42 Å². The van der Waals surface area contributed by atoms with Crippen LogP contribution in [0.5, 0.6) is 0 Å². The highest BCUT2D eigenvalue weighted by Crippen LogP contribution is 2.38. The SMILES string of the molecule is O=C(C1=C(O)C(=O)N(CCCn2ccnc2)C1c1cccnc1)c1ccco1. The van der Waals surface area contributed by atoms with Crippen molar-refractivity contribution in [2.24, 2.45) is 0 Å². The van der Waals surface area contributed by atoms with Gasteiger partial charge in [-0.2, -0.15) is 0 Å². The van der Waals surface area contributed by atoms with Crippen molar-refractivity contribution >= 4 is 11.7 Å². The van der Waals surface area contributed by atoms with E-state index in [0.29, 0.717) is 25.1 Å². The van der Waals surface area contributed by atoms with Crippen LogP contribution in [-0.4, -0.2) is 42.8 Å². The summed E-state index contributed by atoms with van der Waals surface area (Å²) in [4.78, 5) is 35.3. The van der Waals surface area contributed by atoms with Gasteiger partial charge in [-0.1, -0.05) is 6.07 Å². The molecular weight excluding hydrogens is 360 g/mol. The molecule has 28 heavy (non-hydrogen) atoms. The molecule has 0 spiro atoms. The molecule has 142 valence electrons. The number of aliphatic hydroxyl groups is 1. The first-order valence-electron chi connectivity index (χ1n) is 8.85. The molecule has 3 aromatic rings. The van der Waals surface area contributed by atoms with Crippen LogP contribution in [0.4, 0.5) is 0 Å². The molecule has 1 aliphatic heterocycles. The van der Waals surface area contributed by atoms with Crippen LogP contribution >= 0.6 is 0 Å². The van der Waals surface area contributed by atoms with Crippen LogP contribution in [0.15, 0.2) is 77.4 Å². The second-order valence-corrected chi connectivity index (χ2v) is 6.41. The van der Waals surface area contributed by atoms with Crippen LogP contribution in [0.1, 0.15) is 28.6 Å². The summed E-state index contributed by atoms with van der Waals surface area (Å²) in [5.74, 6) is -1.56. The van der Waals surface area contributed by atoms with Crippen LogP contribution in [0, 0.1) is 0 Å². The van der Waals surface area contributed by atoms with E-state index < -0.39 is 23.5 Å². The molecule has 0 saturated heterocycles. The lowest BCUT2D eigenvalue weighted by Gasteiger charge is -2.26. The third-order valence-corrected chi connectivity index (χ3v) is 4.67. The molecule has 1 atom stereocenters. The number of aliphatic hydroxyl groups excluding tert-OH is 1. The van der Waals surface area contributed by atoms with Crippen molar-refractivity contribution in [3.05, 3.63) is 84.3 Å². The number of furan rings is 1. The quantitative estimate of drug-likeness (QED) is 0.634. The predicted octanol–water partition coefficient (Wildman–Crippen LogP) is 2.54. The van der Waals surface area contributed by atoms with Crippen LogP contribution in [0.2, 0.25) is 0 Å². The molecule has 1 N–H and O–H groups in total. The van der Waals surface area contributed by atoms with E-state index in [1.807, 2.05) is 10.8 Å². The zero-order valence-electron chi connectivity index (χ0n) is 14.9. The minimum Gasteiger partial charge on any atom is -0.503 e. The number of aromatic nitrogens is 3. The lowest BCUT2D eigenvalue weighted by molar-refractivity contribution is -0.129. The molecule has 0 radical (unpaired) electrons. The van der Waals surface area contributed by atoms with Gasteiger partial charge in [0.15, 0.2) is 11.5 Å². The van der Waals surface area contributed by atoms with Gasteiger partial charge in [0.25, 0.3) is 5.91 Å². The number of hydrogen-bond acceptors (Lipinski definition) is 6. The number of hydrogen-bond donors (Lipinski definition) is 1. The summed E-state index contributed by atoms with van der Waals surface area (Å²) in [6.45, 7) is 1.02. The molecule has 0 bridgehead atoms. The monoisotopic (exact) mass is 378 g/mol. The largest absolute Gasteiger partial charge is 0.503 e. The predicted molar refractivity (Wildman–Crippen MR) is 98.2 cm³/mol. The molecular formula is C20H18N4O4. The van der Waals surface area contributed by atoms with Crippen molar-refractivity contribution in [3.63, 3.8) is 0 Å². The topological polar surface area (TPSA) is 101 Å². The van der Waals surface area contributed by atoms with Crippen molar-refractivity contribution in [2.75, 3.05) is 6.54 Å². The van der Waals surface area contributed by atoms with Gasteiger partial charge in [-0.3, -0.25) is 14.6 Å². The van der Waals surface area contributed by atoms with Gasteiger partial charge in [-0.15, -0.1) is 0 Å². The van der Waals surface area contributed by atoms with Crippen LogP contribution in [0.25, 0.3) is 0 Å². The average Bonchev–Trinajstić information content (AvgIpc) is 3.46. The second kappa shape index (κ2) is 7.51. The highest BCUT2D eigenvalue weighted by atomic mass is 16.3. The molecule has 0 aromatic carbocycles. The first-order valence-corrected chi connectivity index (χ1v) is 8.85. The maximum atomic E-state index is 12.9. The fourth-order valence-electron chi connectivity index (χ4n) is 3.38. The molecule has 0 fully saturated rings. The number of rotatable bonds is 7. The molecule has 4 heterocycles. The van der Waals surface area contributed by atoms with Gasteiger partial charge in [0.05, 0.1) is 24.2 Å². The Bertz CT molecular complexity index is 994. The standard InChI is InChI=1S/C20H18N4O4/c25-18(15-5-2-11-28-15)16-17(14-4-1-6-21-12-14)24(20(27)19(16)26)9-3-8-23-10-7-22-13-23/h1-2,4-7,10-13,17,26H,3,8-9H2. The Balaban J connectivity index is 1.64. The maximum Gasteiger partial charge on any atom is 0.290 e. The van der Waals surface area contributed by atoms with Crippen LogP contribution in [-0.2, 0) is 11.3 Å². The first kappa shape index (κ1) is 17.7. The van der Waals surface area contributed by atoms with Gasteiger partial charge in [0.1, 0.15) is 0 Å². The Labute approximate surface area is 160 Å². The molecule has 1 unspecified atom stereocenters. The molecule has 4 rings (SSSR count). The third kappa shape index (κ3) is 3.20. The van der Waals surface area contributed by atoms with E-state index >= 15 is 0 Å².